The van der Waals surface area contributed by atoms with Crippen molar-refractivity contribution in [1.29, 1.82) is 0 Å². The molecule has 0 radical (unpaired) electrons. The molecule has 0 aromatic heterocycles. The van der Waals surface area contributed by atoms with Gasteiger partial charge in [0.2, 0.25) is 0 Å². The molecule has 1 aromatic rings. The third kappa shape index (κ3) is 2.47. The fourth-order valence-electron chi connectivity index (χ4n) is 0.813. The first-order valence-electron chi connectivity index (χ1n) is 3.52. The summed E-state index contributed by atoms with van der Waals surface area (Å²) in [5.41, 5.74) is 0. The van der Waals surface area contributed by atoms with Gasteiger partial charge in [-0.2, -0.15) is 0 Å². The molecule has 0 aliphatic rings. The Hall–Kier alpha value is -1.15. The van der Waals surface area contributed by atoms with E-state index < -0.39 is 0 Å². The molecule has 1 nitrogen and oxygen atoms in total. The van der Waals surface area contributed by atoms with Gasteiger partial charge in [0.15, 0.2) is 0 Å². The van der Waals surface area contributed by atoms with E-state index in [2.05, 4.69) is 13.2 Å². The van der Waals surface area contributed by atoms with Crippen LogP contribution in [0.2, 0.25) is 0 Å². The van der Waals surface area contributed by atoms with E-state index in [0.29, 0.717) is 0 Å². The Kier molecular flexibility index (Phi) is 3.48. The lowest BCUT2D eigenvalue weighted by molar-refractivity contribution is 0.482. The van der Waals surface area contributed by atoms with Gasteiger partial charge in [-0.3, -0.25) is 0 Å². The van der Waals surface area contributed by atoms with Crippen molar-refractivity contribution in [3.05, 3.63) is 49.1 Å². The van der Waals surface area contributed by atoms with Crippen molar-refractivity contribution >= 4 is 11.8 Å². The Bertz CT molecular complexity index is 256. The van der Waals surface area contributed by atoms with Gasteiger partial charge in [-0.25, -0.2) is 0 Å². The van der Waals surface area contributed by atoms with Crippen LogP contribution in [0.3, 0.4) is 0 Å². The molecule has 12 heavy (non-hydrogen) atoms. The smallest absolute Gasteiger partial charge is 0.127 e. The number of hydrogen-bond donors (Lipinski definition) is 0. The first-order chi connectivity index (χ1) is 5.86. The highest BCUT2D eigenvalue weighted by atomic mass is 32.2. The molecule has 0 aliphatic carbocycles. The van der Waals surface area contributed by atoms with E-state index in [4.69, 9.17) is 4.74 Å². The SMILES string of the molecule is C=COc1cccc(SC=C)c1. The van der Waals surface area contributed by atoms with Gasteiger partial charge in [0.05, 0.1) is 6.26 Å². The molecule has 0 amide bonds. The largest absolute Gasteiger partial charge is 0.466 e. The number of thioether (sulfide) groups is 1. The molecule has 1 rings (SSSR count). The summed E-state index contributed by atoms with van der Waals surface area (Å²) in [5, 5.41) is 1.78. The molecule has 0 heterocycles. The van der Waals surface area contributed by atoms with Crippen LogP contribution in [0.15, 0.2) is 54.0 Å². The number of ether oxygens (including phenoxy) is 1. The van der Waals surface area contributed by atoms with Crippen LogP contribution >= 0.6 is 11.8 Å². The molecule has 0 bridgehead atoms. The highest BCUT2D eigenvalue weighted by Crippen LogP contribution is 2.23. The highest BCUT2D eigenvalue weighted by molar-refractivity contribution is 8.02. The minimum absolute atomic E-state index is 0.803. The van der Waals surface area contributed by atoms with Crippen LogP contribution in [0.5, 0.6) is 5.75 Å². The second kappa shape index (κ2) is 4.67. The zero-order chi connectivity index (χ0) is 8.81. The second-order valence-corrected chi connectivity index (χ2v) is 3.08. The average Bonchev–Trinajstić information content (AvgIpc) is 2.06. The monoisotopic (exact) mass is 178 g/mol. The quantitative estimate of drug-likeness (QED) is 0.516. The van der Waals surface area contributed by atoms with Crippen LogP contribution in [-0.4, -0.2) is 0 Å². The Morgan fingerprint density at radius 2 is 2.17 bits per heavy atom. The van der Waals surface area contributed by atoms with Crippen LogP contribution in [0, 0.1) is 0 Å². The van der Waals surface area contributed by atoms with Gasteiger partial charge < -0.3 is 4.74 Å². The molecule has 0 unspecified atom stereocenters. The fraction of sp³-hybridized carbons (Fsp3) is 0. The summed E-state index contributed by atoms with van der Waals surface area (Å²) in [6.45, 7) is 7.12. The van der Waals surface area contributed by atoms with Crippen molar-refractivity contribution in [3.8, 4) is 5.75 Å². The van der Waals surface area contributed by atoms with Crippen molar-refractivity contribution in [2.75, 3.05) is 0 Å². The molecule has 0 fully saturated rings. The predicted molar refractivity (Wildman–Crippen MR) is 53.3 cm³/mol. The molecule has 1 aromatic carbocycles. The van der Waals surface area contributed by atoms with E-state index in [0.717, 1.165) is 10.6 Å². The summed E-state index contributed by atoms with van der Waals surface area (Å²) in [6.07, 6.45) is 1.41. The van der Waals surface area contributed by atoms with Gasteiger partial charge in [0.1, 0.15) is 5.75 Å². The minimum Gasteiger partial charge on any atom is -0.466 e. The maximum atomic E-state index is 5.11. The van der Waals surface area contributed by atoms with E-state index in [1.165, 1.54) is 6.26 Å². The van der Waals surface area contributed by atoms with Crippen LogP contribution in [0.1, 0.15) is 0 Å². The maximum Gasteiger partial charge on any atom is 0.127 e. The highest BCUT2D eigenvalue weighted by Gasteiger charge is 1.93. The van der Waals surface area contributed by atoms with Crippen molar-refractivity contribution < 1.29 is 4.74 Å². The van der Waals surface area contributed by atoms with E-state index in [-0.39, 0.29) is 0 Å². The summed E-state index contributed by atoms with van der Waals surface area (Å²) in [6, 6.07) is 7.76. The first kappa shape index (κ1) is 8.94. The molecule has 0 saturated carbocycles. The second-order valence-electron chi connectivity index (χ2n) is 2.04. The molecular formula is C10H10OS. The number of rotatable bonds is 4. The van der Waals surface area contributed by atoms with Gasteiger partial charge in [-0.05, 0) is 23.6 Å². The van der Waals surface area contributed by atoms with E-state index in [9.17, 15) is 0 Å². The van der Waals surface area contributed by atoms with Gasteiger partial charge in [0.25, 0.3) is 0 Å². The molecule has 0 spiro atoms. The van der Waals surface area contributed by atoms with Crippen molar-refractivity contribution in [1.82, 2.24) is 0 Å². The Balaban J connectivity index is 2.79. The third-order valence-corrected chi connectivity index (χ3v) is 1.94. The summed E-state index contributed by atoms with van der Waals surface area (Å²) in [4.78, 5) is 1.12. The van der Waals surface area contributed by atoms with Crippen LogP contribution < -0.4 is 4.74 Å². The van der Waals surface area contributed by atoms with Gasteiger partial charge in [-0.15, -0.1) is 0 Å². The normalized spacial score (nSPS) is 9.00. The summed E-state index contributed by atoms with van der Waals surface area (Å²) < 4.78 is 5.11. The molecule has 0 aliphatic heterocycles. The predicted octanol–water partition coefficient (Wildman–Crippen LogP) is 3.44. The minimum atomic E-state index is 0.803. The lowest BCUT2D eigenvalue weighted by Gasteiger charge is -2.00. The lowest BCUT2D eigenvalue weighted by atomic mass is 10.3. The topological polar surface area (TPSA) is 9.23 Å². The third-order valence-electron chi connectivity index (χ3n) is 1.24. The zero-order valence-corrected chi connectivity index (χ0v) is 7.51. The fourth-order valence-corrected chi connectivity index (χ4v) is 1.35. The Morgan fingerprint density at radius 1 is 1.33 bits per heavy atom. The van der Waals surface area contributed by atoms with Crippen molar-refractivity contribution in [3.63, 3.8) is 0 Å². The number of benzene rings is 1. The average molecular weight is 178 g/mol. The Morgan fingerprint density at radius 3 is 2.83 bits per heavy atom. The maximum absolute atomic E-state index is 5.11. The standard InChI is InChI=1S/C10H10OS/c1-3-11-9-6-5-7-10(8-9)12-4-2/h3-8H,1-2H2. The summed E-state index contributed by atoms with van der Waals surface area (Å²) >= 11 is 1.56. The van der Waals surface area contributed by atoms with Crippen molar-refractivity contribution in [2.24, 2.45) is 0 Å². The van der Waals surface area contributed by atoms with Gasteiger partial charge in [-0.1, -0.05) is 31.0 Å². The molecule has 0 N–H and O–H groups in total. The lowest BCUT2D eigenvalue weighted by Crippen LogP contribution is -1.79. The van der Waals surface area contributed by atoms with E-state index in [1.54, 1.807) is 17.2 Å². The van der Waals surface area contributed by atoms with E-state index >= 15 is 0 Å². The number of hydrogen-bond acceptors (Lipinski definition) is 2. The molecule has 2 heteroatoms. The summed E-state index contributed by atoms with van der Waals surface area (Å²) in [7, 11) is 0. The zero-order valence-electron chi connectivity index (χ0n) is 6.69. The molecule has 0 saturated heterocycles. The van der Waals surface area contributed by atoms with Crippen LogP contribution in [0.25, 0.3) is 0 Å². The molecule has 62 valence electrons. The molecular weight excluding hydrogens is 168 g/mol. The summed E-state index contributed by atoms with van der Waals surface area (Å²) in [5.74, 6) is 0.803. The van der Waals surface area contributed by atoms with Crippen LogP contribution in [0.4, 0.5) is 0 Å². The van der Waals surface area contributed by atoms with Crippen LogP contribution in [-0.2, 0) is 0 Å². The van der Waals surface area contributed by atoms with E-state index in [1.807, 2.05) is 24.3 Å². The first-order valence-corrected chi connectivity index (χ1v) is 4.40. The van der Waals surface area contributed by atoms with Gasteiger partial charge >= 0.3 is 0 Å². The molecule has 0 atom stereocenters. The van der Waals surface area contributed by atoms with Crippen molar-refractivity contribution in [2.45, 2.75) is 4.90 Å². The Labute approximate surface area is 76.7 Å². The van der Waals surface area contributed by atoms with Gasteiger partial charge in [0, 0.05) is 4.90 Å².